The number of rotatable bonds is 2. The van der Waals surface area contributed by atoms with Crippen molar-refractivity contribution in [3.05, 3.63) is 27.8 Å². The summed E-state index contributed by atoms with van der Waals surface area (Å²) in [7, 11) is -3.38. The Labute approximate surface area is 102 Å². The molecule has 1 aliphatic rings. The van der Waals surface area contributed by atoms with E-state index in [4.69, 9.17) is 5.11 Å². The van der Waals surface area contributed by atoms with Crippen LogP contribution in [0.1, 0.15) is 0 Å². The van der Waals surface area contributed by atoms with Crippen molar-refractivity contribution in [3.63, 3.8) is 0 Å². The molecule has 0 radical (unpaired) electrons. The summed E-state index contributed by atoms with van der Waals surface area (Å²) in [6.07, 6.45) is -0.511. The number of halogens is 1. The number of aliphatic hydroxyl groups excluding tert-OH is 1. The van der Waals surface area contributed by atoms with E-state index < -0.39 is 16.1 Å². The SMILES string of the molecule is O=S(=O)(c1ccc(I)cc1)N1CC(O)C1. The topological polar surface area (TPSA) is 57.6 Å². The van der Waals surface area contributed by atoms with Crippen LogP contribution in [0.15, 0.2) is 29.2 Å². The van der Waals surface area contributed by atoms with Crippen molar-refractivity contribution in [3.8, 4) is 0 Å². The fourth-order valence-electron chi connectivity index (χ4n) is 1.37. The highest BCUT2D eigenvalue weighted by atomic mass is 127. The lowest BCUT2D eigenvalue weighted by Gasteiger charge is -2.34. The first kappa shape index (κ1) is 11.3. The van der Waals surface area contributed by atoms with Crippen LogP contribution in [-0.4, -0.2) is 37.0 Å². The van der Waals surface area contributed by atoms with Crippen LogP contribution in [0.2, 0.25) is 0 Å². The summed E-state index contributed by atoms with van der Waals surface area (Å²) in [4.78, 5) is 0.287. The monoisotopic (exact) mass is 339 g/mol. The molecule has 1 aromatic carbocycles. The Morgan fingerprint density at radius 2 is 1.80 bits per heavy atom. The van der Waals surface area contributed by atoms with Gasteiger partial charge in [-0.1, -0.05) is 0 Å². The van der Waals surface area contributed by atoms with Crippen LogP contribution in [0.4, 0.5) is 0 Å². The van der Waals surface area contributed by atoms with Crippen LogP contribution in [-0.2, 0) is 10.0 Å². The molecule has 0 aliphatic carbocycles. The molecule has 1 aliphatic heterocycles. The zero-order valence-electron chi connectivity index (χ0n) is 7.80. The number of sulfonamides is 1. The van der Waals surface area contributed by atoms with Crippen molar-refractivity contribution < 1.29 is 13.5 Å². The van der Waals surface area contributed by atoms with Gasteiger partial charge in [0.1, 0.15) is 0 Å². The fourth-order valence-corrected chi connectivity index (χ4v) is 3.24. The van der Waals surface area contributed by atoms with Gasteiger partial charge in [-0.15, -0.1) is 0 Å². The van der Waals surface area contributed by atoms with E-state index in [1.54, 1.807) is 24.3 Å². The van der Waals surface area contributed by atoms with E-state index in [9.17, 15) is 8.42 Å². The van der Waals surface area contributed by atoms with Crippen LogP contribution < -0.4 is 0 Å². The second-order valence-electron chi connectivity index (χ2n) is 3.43. The average Bonchev–Trinajstić information content (AvgIpc) is 2.13. The second-order valence-corrected chi connectivity index (χ2v) is 6.61. The third kappa shape index (κ3) is 2.17. The van der Waals surface area contributed by atoms with Crippen LogP contribution in [0, 0.1) is 3.57 Å². The van der Waals surface area contributed by atoms with Crippen LogP contribution in [0.3, 0.4) is 0 Å². The Balaban J connectivity index is 2.26. The Morgan fingerprint density at radius 1 is 1.27 bits per heavy atom. The lowest BCUT2D eigenvalue weighted by molar-refractivity contribution is 0.0548. The molecule has 15 heavy (non-hydrogen) atoms. The van der Waals surface area contributed by atoms with Gasteiger partial charge in [0.25, 0.3) is 0 Å². The smallest absolute Gasteiger partial charge is 0.243 e. The molecule has 0 aromatic heterocycles. The standard InChI is InChI=1S/C9H10INO3S/c10-7-1-3-9(4-2-7)15(13,14)11-5-8(12)6-11/h1-4,8,12H,5-6H2. The third-order valence-electron chi connectivity index (χ3n) is 2.28. The molecule has 1 heterocycles. The molecule has 1 fully saturated rings. The van der Waals surface area contributed by atoms with Crippen LogP contribution in [0.25, 0.3) is 0 Å². The third-order valence-corrected chi connectivity index (χ3v) is 4.85. The van der Waals surface area contributed by atoms with E-state index in [1.807, 2.05) is 0 Å². The lowest BCUT2D eigenvalue weighted by atomic mass is 10.2. The molecule has 0 spiro atoms. The van der Waals surface area contributed by atoms with Gasteiger partial charge in [-0.3, -0.25) is 0 Å². The maximum atomic E-state index is 11.9. The van der Waals surface area contributed by atoms with Crippen molar-refractivity contribution >= 4 is 32.6 Å². The van der Waals surface area contributed by atoms with Gasteiger partial charge in [0, 0.05) is 16.7 Å². The molecule has 1 saturated heterocycles. The summed E-state index contributed by atoms with van der Waals surface area (Å²) in [6, 6.07) is 6.68. The Hall–Kier alpha value is -0.180. The highest BCUT2D eigenvalue weighted by molar-refractivity contribution is 14.1. The van der Waals surface area contributed by atoms with E-state index in [2.05, 4.69) is 22.6 Å². The summed E-state index contributed by atoms with van der Waals surface area (Å²) >= 11 is 2.12. The first-order valence-electron chi connectivity index (χ1n) is 4.44. The number of benzene rings is 1. The van der Waals surface area contributed by atoms with Crippen LogP contribution >= 0.6 is 22.6 Å². The van der Waals surface area contributed by atoms with E-state index in [0.717, 1.165) is 3.57 Å². The summed E-state index contributed by atoms with van der Waals surface area (Å²) < 4.78 is 26.0. The van der Waals surface area contributed by atoms with Crippen molar-refractivity contribution in [1.29, 1.82) is 0 Å². The fraction of sp³-hybridized carbons (Fsp3) is 0.333. The quantitative estimate of drug-likeness (QED) is 0.806. The Kier molecular flexibility index (Phi) is 3.02. The van der Waals surface area contributed by atoms with Crippen molar-refractivity contribution in [2.75, 3.05) is 13.1 Å². The summed E-state index contributed by atoms with van der Waals surface area (Å²) in [6.45, 7) is 0.405. The Bertz CT molecular complexity index is 451. The van der Waals surface area contributed by atoms with Gasteiger partial charge in [-0.25, -0.2) is 8.42 Å². The summed E-state index contributed by atoms with van der Waals surface area (Å²) in [5.41, 5.74) is 0. The van der Waals surface area contributed by atoms with Gasteiger partial charge in [0.2, 0.25) is 10.0 Å². The molecule has 82 valence electrons. The minimum absolute atomic E-state index is 0.203. The molecule has 4 nitrogen and oxygen atoms in total. The number of aliphatic hydroxyl groups is 1. The number of nitrogens with zero attached hydrogens (tertiary/aromatic N) is 1. The molecule has 6 heteroatoms. The van der Waals surface area contributed by atoms with Gasteiger partial charge in [0.15, 0.2) is 0 Å². The molecule has 2 rings (SSSR count). The first-order chi connectivity index (χ1) is 7.00. The minimum Gasteiger partial charge on any atom is -0.390 e. The van der Waals surface area contributed by atoms with Crippen molar-refractivity contribution in [2.45, 2.75) is 11.0 Å². The predicted molar refractivity (Wildman–Crippen MR) is 63.9 cm³/mol. The maximum absolute atomic E-state index is 11.9. The highest BCUT2D eigenvalue weighted by Gasteiger charge is 2.35. The van der Waals surface area contributed by atoms with Crippen molar-refractivity contribution in [2.24, 2.45) is 0 Å². The average molecular weight is 339 g/mol. The molecule has 1 aromatic rings. The lowest BCUT2D eigenvalue weighted by Crippen LogP contribution is -2.53. The minimum atomic E-state index is -3.38. The predicted octanol–water partition coefficient (Wildman–Crippen LogP) is 0.656. The molecule has 0 unspecified atom stereocenters. The molecular formula is C9H10INO3S. The Morgan fingerprint density at radius 3 is 2.27 bits per heavy atom. The normalized spacial score (nSPS) is 18.8. The van der Waals surface area contributed by atoms with Gasteiger partial charge in [-0.2, -0.15) is 4.31 Å². The molecule has 0 saturated carbocycles. The van der Waals surface area contributed by atoms with Crippen molar-refractivity contribution in [1.82, 2.24) is 4.31 Å². The zero-order valence-corrected chi connectivity index (χ0v) is 10.8. The van der Waals surface area contributed by atoms with E-state index in [-0.39, 0.29) is 18.0 Å². The summed E-state index contributed by atoms with van der Waals surface area (Å²) in [5, 5.41) is 9.07. The molecular weight excluding hydrogens is 329 g/mol. The van der Waals surface area contributed by atoms with Gasteiger partial charge in [0.05, 0.1) is 11.0 Å². The molecule has 0 amide bonds. The number of β-amino-alcohol motifs (C(OH)–C–C–N with tert-alkyl or cyclic N) is 1. The van der Waals surface area contributed by atoms with Crippen LogP contribution in [0.5, 0.6) is 0 Å². The van der Waals surface area contributed by atoms with E-state index in [0.29, 0.717) is 0 Å². The van der Waals surface area contributed by atoms with Gasteiger partial charge >= 0.3 is 0 Å². The van der Waals surface area contributed by atoms with E-state index in [1.165, 1.54) is 4.31 Å². The zero-order chi connectivity index (χ0) is 11.1. The second kappa shape index (κ2) is 4.00. The molecule has 0 atom stereocenters. The number of hydrogen-bond acceptors (Lipinski definition) is 3. The number of hydrogen-bond donors (Lipinski definition) is 1. The van der Waals surface area contributed by atoms with E-state index >= 15 is 0 Å². The largest absolute Gasteiger partial charge is 0.390 e. The summed E-state index contributed by atoms with van der Waals surface area (Å²) in [5.74, 6) is 0. The van der Waals surface area contributed by atoms with Gasteiger partial charge in [-0.05, 0) is 46.9 Å². The highest BCUT2D eigenvalue weighted by Crippen LogP contribution is 2.21. The van der Waals surface area contributed by atoms with Gasteiger partial charge < -0.3 is 5.11 Å². The maximum Gasteiger partial charge on any atom is 0.243 e. The first-order valence-corrected chi connectivity index (χ1v) is 6.96. The molecule has 1 N–H and O–H groups in total. The molecule has 0 bridgehead atoms.